The molecule has 0 bridgehead atoms. The molecule has 3 nitrogen and oxygen atoms in total. The molecule has 2 aromatic carbocycles. The average molecular weight is 305 g/mol. The van der Waals surface area contributed by atoms with Crippen LogP contribution in [0.3, 0.4) is 0 Å². The fourth-order valence-electron chi connectivity index (χ4n) is 1.93. The number of esters is 1. The van der Waals surface area contributed by atoms with Gasteiger partial charge < -0.3 is 9.84 Å². The van der Waals surface area contributed by atoms with E-state index >= 15 is 0 Å². The Morgan fingerprint density at radius 3 is 2.29 bits per heavy atom. The number of phenols is 1. The second-order valence-corrected chi connectivity index (χ2v) is 6.06. The van der Waals surface area contributed by atoms with Crippen molar-refractivity contribution in [1.82, 2.24) is 0 Å². The highest BCUT2D eigenvalue weighted by molar-refractivity contribution is 6.36. The zero-order chi connectivity index (χ0) is 15.6. The topological polar surface area (TPSA) is 46.5 Å². The molecule has 0 aromatic heterocycles. The number of halogens is 1. The Morgan fingerprint density at radius 1 is 1.05 bits per heavy atom. The van der Waals surface area contributed by atoms with Crippen LogP contribution in [0.2, 0.25) is 5.02 Å². The number of para-hydroxylation sites is 1. The van der Waals surface area contributed by atoms with Crippen LogP contribution in [0.25, 0.3) is 11.1 Å². The fraction of sp³-hybridized carbons (Fsp3) is 0.235. The quantitative estimate of drug-likeness (QED) is 0.820. The van der Waals surface area contributed by atoms with Crippen molar-refractivity contribution in [2.45, 2.75) is 26.4 Å². The lowest BCUT2D eigenvalue weighted by Crippen LogP contribution is -2.24. The van der Waals surface area contributed by atoms with Gasteiger partial charge in [-0.3, -0.25) is 0 Å². The van der Waals surface area contributed by atoms with Crippen LogP contribution in [0.1, 0.15) is 31.1 Å². The minimum Gasteiger partial charge on any atom is -0.507 e. The summed E-state index contributed by atoms with van der Waals surface area (Å²) in [5.41, 5.74) is 0.865. The molecule has 0 radical (unpaired) electrons. The highest BCUT2D eigenvalue weighted by Crippen LogP contribution is 2.36. The molecule has 0 atom stereocenters. The van der Waals surface area contributed by atoms with E-state index in [1.165, 1.54) is 0 Å². The summed E-state index contributed by atoms with van der Waals surface area (Å²) in [5, 5.41) is 10.2. The zero-order valence-corrected chi connectivity index (χ0v) is 12.9. The second kappa shape index (κ2) is 5.78. The molecular weight excluding hydrogens is 288 g/mol. The molecule has 0 saturated heterocycles. The summed E-state index contributed by atoms with van der Waals surface area (Å²) < 4.78 is 5.34. The van der Waals surface area contributed by atoms with Crippen LogP contribution < -0.4 is 0 Å². The number of hydrogen-bond donors (Lipinski definition) is 1. The zero-order valence-electron chi connectivity index (χ0n) is 12.2. The summed E-state index contributed by atoms with van der Waals surface area (Å²) in [7, 11) is 0. The van der Waals surface area contributed by atoms with Crippen LogP contribution >= 0.6 is 11.6 Å². The van der Waals surface area contributed by atoms with E-state index in [1.54, 1.807) is 63.2 Å². The molecule has 0 heterocycles. The third-order valence-electron chi connectivity index (χ3n) is 2.81. The molecule has 2 aromatic rings. The van der Waals surface area contributed by atoms with Crippen molar-refractivity contribution in [3.63, 3.8) is 0 Å². The van der Waals surface area contributed by atoms with Gasteiger partial charge >= 0.3 is 5.97 Å². The predicted octanol–water partition coefficient (Wildman–Crippen LogP) is 4.67. The number of aromatic hydroxyl groups is 1. The third-order valence-corrected chi connectivity index (χ3v) is 3.22. The van der Waals surface area contributed by atoms with Gasteiger partial charge in [-0.15, -0.1) is 0 Å². The molecule has 0 amide bonds. The summed E-state index contributed by atoms with van der Waals surface area (Å²) in [6.45, 7) is 5.39. The standard InChI is InChI=1S/C17H17ClO3/c1-17(2,3)21-16(20)13-9-6-8-12(15(13)18)11-7-4-5-10-14(11)19/h4-10,19H,1-3H3. The van der Waals surface area contributed by atoms with Crippen molar-refractivity contribution in [3.8, 4) is 16.9 Å². The van der Waals surface area contributed by atoms with Gasteiger partial charge in [-0.25, -0.2) is 4.79 Å². The Labute approximate surface area is 129 Å². The molecule has 4 heteroatoms. The Morgan fingerprint density at radius 2 is 1.67 bits per heavy atom. The van der Waals surface area contributed by atoms with Crippen molar-refractivity contribution < 1.29 is 14.6 Å². The number of ether oxygens (including phenoxy) is 1. The van der Waals surface area contributed by atoms with Crippen LogP contribution in [0.4, 0.5) is 0 Å². The van der Waals surface area contributed by atoms with Gasteiger partial charge in [-0.05, 0) is 32.9 Å². The minimum atomic E-state index is -0.592. The van der Waals surface area contributed by atoms with E-state index in [2.05, 4.69) is 0 Å². The van der Waals surface area contributed by atoms with Crippen molar-refractivity contribution >= 4 is 17.6 Å². The maximum Gasteiger partial charge on any atom is 0.340 e. The normalized spacial score (nSPS) is 11.2. The number of hydrogen-bond acceptors (Lipinski definition) is 3. The smallest absolute Gasteiger partial charge is 0.340 e. The van der Waals surface area contributed by atoms with Crippen LogP contribution in [0.15, 0.2) is 42.5 Å². The average Bonchev–Trinajstić information content (AvgIpc) is 2.38. The summed E-state index contributed by atoms with van der Waals surface area (Å²) in [6.07, 6.45) is 0. The summed E-state index contributed by atoms with van der Waals surface area (Å²) in [4.78, 5) is 12.2. The lowest BCUT2D eigenvalue weighted by molar-refractivity contribution is 0.00698. The minimum absolute atomic E-state index is 0.112. The van der Waals surface area contributed by atoms with Crippen LogP contribution in [0.5, 0.6) is 5.75 Å². The van der Waals surface area contributed by atoms with E-state index < -0.39 is 11.6 Å². The molecule has 110 valence electrons. The SMILES string of the molecule is CC(C)(C)OC(=O)c1cccc(-c2ccccc2O)c1Cl. The molecule has 21 heavy (non-hydrogen) atoms. The molecular formula is C17H17ClO3. The van der Waals surface area contributed by atoms with Crippen LogP contribution in [0, 0.1) is 0 Å². The largest absolute Gasteiger partial charge is 0.507 e. The first-order valence-electron chi connectivity index (χ1n) is 6.60. The summed E-state index contributed by atoms with van der Waals surface area (Å²) in [6, 6.07) is 11.9. The molecule has 0 saturated carbocycles. The molecule has 0 fully saturated rings. The van der Waals surface area contributed by atoms with E-state index in [1.807, 2.05) is 0 Å². The van der Waals surface area contributed by atoms with Gasteiger partial charge in [-0.1, -0.05) is 41.9 Å². The number of carbonyl (C=O) groups excluding carboxylic acids is 1. The first kappa shape index (κ1) is 15.4. The third kappa shape index (κ3) is 3.56. The summed E-state index contributed by atoms with van der Waals surface area (Å²) in [5.74, 6) is -0.370. The van der Waals surface area contributed by atoms with Crippen LogP contribution in [-0.4, -0.2) is 16.7 Å². The van der Waals surface area contributed by atoms with Crippen molar-refractivity contribution in [3.05, 3.63) is 53.1 Å². The number of phenolic OH excluding ortho intramolecular Hbond substituents is 1. The molecule has 0 aliphatic heterocycles. The fourth-order valence-corrected chi connectivity index (χ4v) is 2.24. The molecule has 2 rings (SSSR count). The highest BCUT2D eigenvalue weighted by Gasteiger charge is 2.22. The lowest BCUT2D eigenvalue weighted by Gasteiger charge is -2.20. The number of benzene rings is 2. The Hall–Kier alpha value is -2.00. The number of rotatable bonds is 2. The van der Waals surface area contributed by atoms with Gasteiger partial charge in [0.2, 0.25) is 0 Å². The van der Waals surface area contributed by atoms with Crippen molar-refractivity contribution in [2.24, 2.45) is 0 Å². The van der Waals surface area contributed by atoms with E-state index in [9.17, 15) is 9.90 Å². The maximum atomic E-state index is 12.2. The van der Waals surface area contributed by atoms with Crippen LogP contribution in [-0.2, 0) is 4.74 Å². The maximum absolute atomic E-state index is 12.2. The van der Waals surface area contributed by atoms with Gasteiger partial charge in [0.25, 0.3) is 0 Å². The van der Waals surface area contributed by atoms with E-state index in [0.29, 0.717) is 11.1 Å². The molecule has 0 aliphatic rings. The Balaban J connectivity index is 2.47. The second-order valence-electron chi connectivity index (χ2n) is 5.69. The van der Waals surface area contributed by atoms with Gasteiger partial charge in [0.1, 0.15) is 11.4 Å². The lowest BCUT2D eigenvalue weighted by atomic mass is 10.0. The highest BCUT2D eigenvalue weighted by atomic mass is 35.5. The van der Waals surface area contributed by atoms with Gasteiger partial charge in [0.15, 0.2) is 0 Å². The molecule has 1 N–H and O–H groups in total. The van der Waals surface area contributed by atoms with Gasteiger partial charge in [0.05, 0.1) is 10.6 Å². The Bertz CT molecular complexity index is 672. The number of carbonyl (C=O) groups is 1. The van der Waals surface area contributed by atoms with E-state index in [-0.39, 0.29) is 16.3 Å². The van der Waals surface area contributed by atoms with Gasteiger partial charge in [0, 0.05) is 11.1 Å². The first-order chi connectivity index (χ1) is 9.79. The monoisotopic (exact) mass is 304 g/mol. The van der Waals surface area contributed by atoms with Crippen molar-refractivity contribution in [2.75, 3.05) is 0 Å². The predicted molar refractivity (Wildman–Crippen MR) is 83.7 cm³/mol. The van der Waals surface area contributed by atoms with Crippen molar-refractivity contribution in [1.29, 1.82) is 0 Å². The molecule has 0 unspecified atom stereocenters. The van der Waals surface area contributed by atoms with E-state index in [0.717, 1.165) is 0 Å². The molecule has 0 aliphatic carbocycles. The van der Waals surface area contributed by atoms with Gasteiger partial charge in [-0.2, -0.15) is 0 Å². The van der Waals surface area contributed by atoms with E-state index in [4.69, 9.17) is 16.3 Å². The summed E-state index contributed by atoms with van der Waals surface area (Å²) >= 11 is 6.33. The first-order valence-corrected chi connectivity index (χ1v) is 6.97. The molecule has 0 spiro atoms. The Kier molecular flexibility index (Phi) is 4.24.